The maximum Gasteiger partial charge on any atom is 0.271 e. The van der Waals surface area contributed by atoms with Gasteiger partial charge in [0.2, 0.25) is 0 Å². The van der Waals surface area contributed by atoms with E-state index in [1.807, 2.05) is 11.4 Å². The molecule has 4 nitrogen and oxygen atoms in total. The Bertz CT molecular complexity index is 812. The van der Waals surface area contributed by atoms with Gasteiger partial charge in [-0.2, -0.15) is 0 Å². The van der Waals surface area contributed by atoms with Gasteiger partial charge in [0.25, 0.3) is 5.56 Å². The number of aromatic nitrogens is 3. The molecule has 0 fully saturated rings. The summed E-state index contributed by atoms with van der Waals surface area (Å²) in [5.74, 6) is 0. The molecule has 0 unspecified atom stereocenters. The molecule has 0 saturated heterocycles. The van der Waals surface area contributed by atoms with E-state index >= 15 is 0 Å². The van der Waals surface area contributed by atoms with Crippen molar-refractivity contribution in [3.63, 3.8) is 0 Å². The van der Waals surface area contributed by atoms with Crippen molar-refractivity contribution in [3.05, 3.63) is 56.1 Å². The van der Waals surface area contributed by atoms with E-state index in [-0.39, 0.29) is 12.1 Å². The van der Waals surface area contributed by atoms with Crippen molar-refractivity contribution in [1.29, 1.82) is 0 Å². The zero-order valence-electron chi connectivity index (χ0n) is 9.51. The van der Waals surface area contributed by atoms with E-state index in [2.05, 4.69) is 9.97 Å². The Morgan fingerprint density at radius 2 is 2.11 bits per heavy atom. The summed E-state index contributed by atoms with van der Waals surface area (Å²) in [5, 5.41) is 2.66. The normalized spacial score (nSPS) is 11.1. The van der Waals surface area contributed by atoms with Gasteiger partial charge in [0.1, 0.15) is 9.85 Å². The molecule has 0 spiro atoms. The molecule has 0 bridgehead atoms. The summed E-state index contributed by atoms with van der Waals surface area (Å²) in [4.78, 5) is 20.6. The Balaban J connectivity index is 2.08. The lowest BCUT2D eigenvalue weighted by atomic mass is 10.3. The second-order valence-electron chi connectivity index (χ2n) is 3.88. The molecule has 96 valence electrons. The lowest BCUT2D eigenvalue weighted by Gasteiger charge is -2.06. The molecule has 0 aliphatic heterocycles. The largest absolute Gasteiger partial charge is 0.292 e. The molecule has 19 heavy (non-hydrogen) atoms. The molecule has 3 aromatic heterocycles. The fourth-order valence-corrected chi connectivity index (χ4v) is 2.84. The third-order valence-electron chi connectivity index (χ3n) is 2.64. The molecule has 0 atom stereocenters. The van der Waals surface area contributed by atoms with E-state index in [0.29, 0.717) is 26.1 Å². The number of halogens is 2. The second kappa shape index (κ2) is 4.92. The number of thiophene rings is 1. The molecule has 7 heteroatoms. The number of fused-ring (bicyclic) bond motifs is 1. The number of rotatable bonds is 2. The predicted octanol–water partition coefficient (Wildman–Crippen LogP) is 3.21. The number of pyridine rings is 1. The van der Waals surface area contributed by atoms with Gasteiger partial charge in [-0.05, 0) is 23.6 Å². The molecule has 3 aromatic rings. The zero-order valence-corrected chi connectivity index (χ0v) is 11.8. The van der Waals surface area contributed by atoms with E-state index in [1.54, 1.807) is 12.1 Å². The minimum Gasteiger partial charge on any atom is -0.292 e. The zero-order chi connectivity index (χ0) is 13.4. The third kappa shape index (κ3) is 2.36. The topological polar surface area (TPSA) is 47.8 Å². The molecule has 0 aliphatic carbocycles. The summed E-state index contributed by atoms with van der Waals surface area (Å²) >= 11 is 13.2. The van der Waals surface area contributed by atoms with Crippen molar-refractivity contribution >= 4 is 44.8 Å². The van der Waals surface area contributed by atoms with E-state index < -0.39 is 0 Å². The van der Waals surface area contributed by atoms with Crippen LogP contribution in [0.3, 0.4) is 0 Å². The number of hydrogen-bond donors (Lipinski definition) is 0. The average molecular weight is 312 g/mol. The summed E-state index contributed by atoms with van der Waals surface area (Å²) < 4.78 is 2.10. The highest BCUT2D eigenvalue weighted by Crippen LogP contribution is 2.18. The van der Waals surface area contributed by atoms with Crippen LogP contribution in [0.15, 0.2) is 34.7 Å². The summed E-state index contributed by atoms with van der Waals surface area (Å²) in [6.45, 7) is 0.249. The Hall–Kier alpha value is -1.43. The van der Waals surface area contributed by atoms with Crippen molar-refractivity contribution < 1.29 is 0 Å². The Morgan fingerprint density at radius 1 is 1.26 bits per heavy atom. The molecule has 0 saturated carbocycles. The fourth-order valence-electron chi connectivity index (χ4n) is 1.72. The highest BCUT2D eigenvalue weighted by Gasteiger charge is 2.09. The SMILES string of the molecule is O=c1c2sccc2ncn1Cc1nc(Cl)ccc1Cl. The van der Waals surface area contributed by atoms with Crippen LogP contribution in [0.25, 0.3) is 10.2 Å². The Morgan fingerprint density at radius 3 is 2.95 bits per heavy atom. The molecule has 0 aliphatic rings. The van der Waals surface area contributed by atoms with Gasteiger partial charge in [0, 0.05) is 0 Å². The van der Waals surface area contributed by atoms with Gasteiger partial charge in [-0.3, -0.25) is 9.36 Å². The van der Waals surface area contributed by atoms with Crippen LogP contribution in [0.2, 0.25) is 10.2 Å². The van der Waals surface area contributed by atoms with Gasteiger partial charge < -0.3 is 0 Å². The van der Waals surface area contributed by atoms with Crippen molar-refractivity contribution in [2.24, 2.45) is 0 Å². The monoisotopic (exact) mass is 311 g/mol. The van der Waals surface area contributed by atoms with Gasteiger partial charge in [-0.1, -0.05) is 23.2 Å². The predicted molar refractivity (Wildman–Crippen MR) is 77.2 cm³/mol. The van der Waals surface area contributed by atoms with Crippen molar-refractivity contribution in [3.8, 4) is 0 Å². The van der Waals surface area contributed by atoms with Crippen LogP contribution in [0.1, 0.15) is 5.69 Å². The molecule has 0 amide bonds. The quantitative estimate of drug-likeness (QED) is 0.683. The van der Waals surface area contributed by atoms with Crippen LogP contribution in [-0.4, -0.2) is 14.5 Å². The number of hydrogen-bond acceptors (Lipinski definition) is 4. The average Bonchev–Trinajstić information content (AvgIpc) is 2.86. The lowest BCUT2D eigenvalue weighted by Crippen LogP contribution is -2.20. The molecule has 3 rings (SSSR count). The Labute approximate surface area is 122 Å². The lowest BCUT2D eigenvalue weighted by molar-refractivity contribution is 0.731. The van der Waals surface area contributed by atoms with Gasteiger partial charge in [-0.15, -0.1) is 11.3 Å². The summed E-state index contributed by atoms with van der Waals surface area (Å²) in [6.07, 6.45) is 1.50. The first kappa shape index (κ1) is 12.6. The third-order valence-corrected chi connectivity index (χ3v) is 4.09. The first-order valence-electron chi connectivity index (χ1n) is 5.39. The van der Waals surface area contributed by atoms with E-state index in [9.17, 15) is 4.79 Å². The van der Waals surface area contributed by atoms with Crippen LogP contribution >= 0.6 is 34.5 Å². The first-order chi connectivity index (χ1) is 9.15. The molecular formula is C12H7Cl2N3OS. The van der Waals surface area contributed by atoms with Crippen LogP contribution in [0.5, 0.6) is 0 Å². The Kier molecular flexibility index (Phi) is 3.26. The molecule has 0 radical (unpaired) electrons. The summed E-state index contributed by atoms with van der Waals surface area (Å²) in [6, 6.07) is 5.08. The van der Waals surface area contributed by atoms with Crippen LogP contribution in [0, 0.1) is 0 Å². The summed E-state index contributed by atoms with van der Waals surface area (Å²) in [5.41, 5.74) is 1.16. The van der Waals surface area contributed by atoms with E-state index in [0.717, 1.165) is 0 Å². The fraction of sp³-hybridized carbons (Fsp3) is 0.0833. The second-order valence-corrected chi connectivity index (χ2v) is 5.59. The molecule has 3 heterocycles. The van der Waals surface area contributed by atoms with Crippen molar-refractivity contribution in [2.45, 2.75) is 6.54 Å². The van der Waals surface area contributed by atoms with Crippen molar-refractivity contribution in [1.82, 2.24) is 14.5 Å². The van der Waals surface area contributed by atoms with Gasteiger partial charge in [0.15, 0.2) is 0 Å². The van der Waals surface area contributed by atoms with Gasteiger partial charge in [0.05, 0.1) is 29.1 Å². The van der Waals surface area contributed by atoms with Gasteiger partial charge in [-0.25, -0.2) is 9.97 Å². The first-order valence-corrected chi connectivity index (χ1v) is 7.02. The maximum atomic E-state index is 12.2. The van der Waals surface area contributed by atoms with Crippen LogP contribution in [-0.2, 0) is 6.54 Å². The summed E-state index contributed by atoms with van der Waals surface area (Å²) in [7, 11) is 0. The minimum absolute atomic E-state index is 0.0992. The van der Waals surface area contributed by atoms with Crippen LogP contribution < -0.4 is 5.56 Å². The molecular weight excluding hydrogens is 305 g/mol. The highest BCUT2D eigenvalue weighted by atomic mass is 35.5. The molecule has 0 N–H and O–H groups in total. The highest BCUT2D eigenvalue weighted by molar-refractivity contribution is 7.17. The maximum absolute atomic E-state index is 12.2. The standard InChI is InChI=1S/C12H7Cl2N3OS/c13-7-1-2-10(14)16-9(7)5-17-6-15-8-3-4-19-11(8)12(17)18/h1-4,6H,5H2. The van der Waals surface area contributed by atoms with E-state index in [4.69, 9.17) is 23.2 Å². The van der Waals surface area contributed by atoms with E-state index in [1.165, 1.54) is 22.2 Å². The van der Waals surface area contributed by atoms with Gasteiger partial charge >= 0.3 is 0 Å². The minimum atomic E-state index is -0.0992. The smallest absolute Gasteiger partial charge is 0.271 e. The number of nitrogens with zero attached hydrogens (tertiary/aromatic N) is 3. The van der Waals surface area contributed by atoms with Crippen LogP contribution in [0.4, 0.5) is 0 Å². The van der Waals surface area contributed by atoms with Crippen molar-refractivity contribution in [2.75, 3.05) is 0 Å². The molecule has 0 aromatic carbocycles.